The van der Waals surface area contributed by atoms with E-state index in [0.717, 1.165) is 48.0 Å². The van der Waals surface area contributed by atoms with Gasteiger partial charge < -0.3 is 19.6 Å². The molecule has 11 heteroatoms. The number of benzene rings is 2. The summed E-state index contributed by atoms with van der Waals surface area (Å²) in [5.41, 5.74) is 1.72. The third kappa shape index (κ3) is 3.53. The molecule has 2 aromatic carbocycles. The lowest BCUT2D eigenvalue weighted by Crippen LogP contribution is -2.67. The van der Waals surface area contributed by atoms with Crippen molar-refractivity contribution < 1.29 is 32.7 Å². The highest BCUT2D eigenvalue weighted by Crippen LogP contribution is 2.50. The molecular formula is C29H37N4O6S+. The van der Waals surface area contributed by atoms with Crippen molar-refractivity contribution in [3.05, 3.63) is 35.9 Å². The Morgan fingerprint density at radius 2 is 1.82 bits per heavy atom. The topological polar surface area (TPSA) is 118 Å². The van der Waals surface area contributed by atoms with Crippen LogP contribution in [0.1, 0.15) is 19.4 Å². The zero-order valence-corrected chi connectivity index (χ0v) is 23.8. The van der Waals surface area contributed by atoms with Gasteiger partial charge in [0.1, 0.15) is 6.04 Å². The fourth-order valence-electron chi connectivity index (χ4n) is 8.38. The predicted molar refractivity (Wildman–Crippen MR) is 148 cm³/mol. The molecule has 0 spiro atoms. The SMILES string of the molecule is CC(O)[C@H]1C(=O)N2C(C(=O)O)C(CN3c4cccc5c(CC[N+]67CCN(CC6)CC7)ccc(c45)S3(=O)=O)[C@@H](C)[C@H]12. The van der Waals surface area contributed by atoms with E-state index in [9.17, 15) is 28.2 Å². The number of rotatable bonds is 7. The highest BCUT2D eigenvalue weighted by atomic mass is 32.2. The second kappa shape index (κ2) is 8.88. The standard InChI is InChI=1S/C29H36N4O6S/c1-17-21(27(29(36)37)32-26(17)24(18(2)34)28(32)35)16-31-22-5-3-4-20-19(6-7-23(25(20)22)40(31,38)39)8-12-33-13-9-30(10-14-33)11-15-33/h3-7,17-18,21,24,26-27,34H,8-16H2,1-2H3/p+1/t17-,18?,21?,24-,26-,27?/m1/s1. The Balaban J connectivity index is 1.21. The summed E-state index contributed by atoms with van der Waals surface area (Å²) in [6.45, 7) is 11.4. The van der Waals surface area contributed by atoms with Gasteiger partial charge in [0.05, 0.1) is 48.8 Å². The monoisotopic (exact) mass is 569 g/mol. The van der Waals surface area contributed by atoms with Crippen LogP contribution in [-0.2, 0) is 26.0 Å². The molecule has 5 saturated heterocycles. The number of aliphatic carboxylic acids is 1. The lowest BCUT2D eigenvalue weighted by molar-refractivity contribution is -0.940. The van der Waals surface area contributed by atoms with Gasteiger partial charge in [0.15, 0.2) is 0 Å². The van der Waals surface area contributed by atoms with Crippen LogP contribution in [0.3, 0.4) is 0 Å². The van der Waals surface area contributed by atoms with Gasteiger partial charge in [-0.05, 0) is 35.9 Å². The normalized spacial score (nSPS) is 36.1. The summed E-state index contributed by atoms with van der Waals surface area (Å²) in [4.78, 5) is 29.4. The average Bonchev–Trinajstić information content (AvgIpc) is 3.31. The highest BCUT2D eigenvalue weighted by Gasteiger charge is 2.65. The zero-order chi connectivity index (χ0) is 28.1. The molecule has 2 N–H and O–H groups in total. The molecule has 0 radical (unpaired) electrons. The van der Waals surface area contributed by atoms with Crippen molar-refractivity contribution in [2.75, 3.05) is 56.7 Å². The number of carboxylic acid groups (broad SMARTS) is 1. The number of sulfonamides is 1. The van der Waals surface area contributed by atoms with E-state index in [1.807, 2.05) is 25.1 Å². The van der Waals surface area contributed by atoms with Crippen molar-refractivity contribution in [3.63, 3.8) is 0 Å². The molecule has 214 valence electrons. The van der Waals surface area contributed by atoms with Gasteiger partial charge in [-0.25, -0.2) is 13.2 Å². The van der Waals surface area contributed by atoms with Gasteiger partial charge in [-0.2, -0.15) is 0 Å². The van der Waals surface area contributed by atoms with Crippen LogP contribution in [0, 0.1) is 17.8 Å². The number of aliphatic hydroxyl groups is 1. The fraction of sp³-hybridized carbons (Fsp3) is 0.586. The van der Waals surface area contributed by atoms with E-state index < -0.39 is 46.0 Å². The number of aliphatic hydroxyl groups excluding tert-OH is 1. The maximum Gasteiger partial charge on any atom is 0.326 e. The number of β-lactam (4-membered cyclic amide) rings is 1. The lowest BCUT2D eigenvalue weighted by atomic mass is 9.77. The summed E-state index contributed by atoms with van der Waals surface area (Å²) < 4.78 is 30.3. The summed E-state index contributed by atoms with van der Waals surface area (Å²) in [6.07, 6.45) is -0.0174. The summed E-state index contributed by atoms with van der Waals surface area (Å²) in [5, 5.41) is 22.0. The first-order valence-corrected chi connectivity index (χ1v) is 15.9. The smallest absolute Gasteiger partial charge is 0.326 e. The Kier molecular flexibility index (Phi) is 5.82. The summed E-state index contributed by atoms with van der Waals surface area (Å²) >= 11 is 0. The van der Waals surface area contributed by atoms with Crippen molar-refractivity contribution in [1.82, 2.24) is 9.80 Å². The van der Waals surface area contributed by atoms with E-state index in [2.05, 4.69) is 4.90 Å². The van der Waals surface area contributed by atoms with Crippen LogP contribution in [0.15, 0.2) is 35.2 Å². The fourth-order valence-corrected chi connectivity index (χ4v) is 10.1. The van der Waals surface area contributed by atoms with Crippen molar-refractivity contribution in [2.45, 2.75) is 43.4 Å². The molecule has 3 unspecified atom stereocenters. The van der Waals surface area contributed by atoms with Crippen molar-refractivity contribution in [1.29, 1.82) is 0 Å². The van der Waals surface area contributed by atoms with E-state index in [-0.39, 0.29) is 23.3 Å². The van der Waals surface area contributed by atoms with Gasteiger partial charge in [-0.1, -0.05) is 25.1 Å². The van der Waals surface area contributed by atoms with Gasteiger partial charge in [0, 0.05) is 49.9 Å². The van der Waals surface area contributed by atoms with Crippen LogP contribution in [0.25, 0.3) is 10.8 Å². The minimum Gasteiger partial charge on any atom is -0.480 e. The molecule has 6 aliphatic rings. The van der Waals surface area contributed by atoms with Gasteiger partial charge in [-0.3, -0.25) is 14.0 Å². The molecule has 10 nitrogen and oxygen atoms in total. The Hall–Kier alpha value is -2.73. The average molecular weight is 570 g/mol. The minimum absolute atomic E-state index is 0.0348. The number of nitrogens with zero attached hydrogens (tertiary/aromatic N) is 4. The Morgan fingerprint density at radius 3 is 2.48 bits per heavy atom. The maximum absolute atomic E-state index is 13.9. The van der Waals surface area contributed by atoms with Crippen LogP contribution in [0.2, 0.25) is 0 Å². The van der Waals surface area contributed by atoms with E-state index in [1.54, 1.807) is 19.1 Å². The van der Waals surface area contributed by atoms with Crippen LogP contribution in [0.5, 0.6) is 0 Å². The molecule has 6 atom stereocenters. The maximum atomic E-state index is 13.9. The first kappa shape index (κ1) is 26.2. The number of anilines is 1. The number of amides is 1. The lowest BCUT2D eigenvalue weighted by Gasteiger charge is -2.50. The Morgan fingerprint density at radius 1 is 1.12 bits per heavy atom. The summed E-state index contributed by atoms with van der Waals surface area (Å²) in [7, 11) is -3.90. The number of carbonyl (C=O) groups is 2. The van der Waals surface area contributed by atoms with Gasteiger partial charge in [0.25, 0.3) is 10.0 Å². The molecule has 8 rings (SSSR count). The van der Waals surface area contributed by atoms with E-state index in [1.165, 1.54) is 28.8 Å². The molecule has 6 heterocycles. The van der Waals surface area contributed by atoms with Crippen molar-refractivity contribution in [2.24, 2.45) is 17.8 Å². The number of fused-ring (bicyclic) bond motifs is 4. The highest BCUT2D eigenvalue weighted by molar-refractivity contribution is 7.93. The van der Waals surface area contributed by atoms with Crippen LogP contribution in [-0.4, -0.2) is 115 Å². The number of hydrogen-bond acceptors (Lipinski definition) is 6. The Bertz CT molecular complexity index is 1500. The third-order valence-electron chi connectivity index (χ3n) is 10.7. The molecule has 6 aliphatic heterocycles. The van der Waals surface area contributed by atoms with Gasteiger partial charge in [0.2, 0.25) is 5.91 Å². The molecule has 0 aliphatic carbocycles. The number of carboxylic acids is 1. The second-order valence-electron chi connectivity index (χ2n) is 12.6. The zero-order valence-electron chi connectivity index (χ0n) is 22.9. The van der Waals surface area contributed by atoms with E-state index >= 15 is 0 Å². The predicted octanol–water partition coefficient (Wildman–Crippen LogP) is 0.964. The molecule has 1 amide bonds. The third-order valence-corrected chi connectivity index (χ3v) is 12.6. The first-order chi connectivity index (χ1) is 19.0. The molecule has 2 bridgehead atoms. The number of quaternary nitrogens is 1. The van der Waals surface area contributed by atoms with Crippen LogP contribution < -0.4 is 4.31 Å². The summed E-state index contributed by atoms with van der Waals surface area (Å²) in [5.74, 6) is -3.07. The van der Waals surface area contributed by atoms with Crippen LogP contribution >= 0.6 is 0 Å². The van der Waals surface area contributed by atoms with Crippen molar-refractivity contribution >= 4 is 38.4 Å². The quantitative estimate of drug-likeness (QED) is 0.377. The van der Waals surface area contributed by atoms with Gasteiger partial charge >= 0.3 is 5.97 Å². The second-order valence-corrected chi connectivity index (χ2v) is 14.4. The number of piperazine rings is 3. The summed E-state index contributed by atoms with van der Waals surface area (Å²) in [6, 6.07) is 7.82. The minimum atomic E-state index is -3.90. The molecule has 0 saturated carbocycles. The molecule has 5 fully saturated rings. The first-order valence-electron chi connectivity index (χ1n) is 14.4. The van der Waals surface area contributed by atoms with Gasteiger partial charge in [-0.15, -0.1) is 0 Å². The number of carbonyl (C=O) groups excluding carboxylic acids is 1. The molecule has 0 aromatic heterocycles. The van der Waals surface area contributed by atoms with Crippen LogP contribution in [0.4, 0.5) is 5.69 Å². The van der Waals surface area contributed by atoms with E-state index in [4.69, 9.17) is 0 Å². The molecule has 40 heavy (non-hydrogen) atoms. The van der Waals surface area contributed by atoms with E-state index in [0.29, 0.717) is 11.1 Å². The number of hydrogen-bond donors (Lipinski definition) is 2. The molecular weight excluding hydrogens is 532 g/mol. The largest absolute Gasteiger partial charge is 0.480 e. The molecule has 2 aromatic rings. The van der Waals surface area contributed by atoms with Crippen molar-refractivity contribution in [3.8, 4) is 0 Å². The Labute approximate surface area is 234 Å².